The smallest absolute Gasteiger partial charge is 0.332 e. The molecule has 8 nitrogen and oxygen atoms in total. The summed E-state index contributed by atoms with van der Waals surface area (Å²) in [5, 5.41) is 0. The summed E-state index contributed by atoms with van der Waals surface area (Å²) in [6.07, 6.45) is 0. The molecule has 0 unspecified atom stereocenters. The lowest BCUT2D eigenvalue weighted by molar-refractivity contribution is 0.0997. The van der Waals surface area contributed by atoms with Crippen LogP contribution in [0.25, 0.3) is 28.2 Å². The molecule has 0 atom stereocenters. The second-order valence-corrected chi connectivity index (χ2v) is 6.94. The molecule has 0 saturated carbocycles. The lowest BCUT2D eigenvalue weighted by Crippen LogP contribution is -2.16. The first-order chi connectivity index (χ1) is 13.9. The molecule has 0 radical (unpaired) electrons. The van der Waals surface area contributed by atoms with Gasteiger partial charge in [-0.1, -0.05) is 28.1 Å². The summed E-state index contributed by atoms with van der Waals surface area (Å²) in [5.74, 6) is -0.960. The quantitative estimate of drug-likeness (QED) is 0.488. The summed E-state index contributed by atoms with van der Waals surface area (Å²) >= 11 is 3.37. The van der Waals surface area contributed by atoms with Gasteiger partial charge in [0.15, 0.2) is 17.2 Å². The van der Waals surface area contributed by atoms with Crippen LogP contribution >= 0.6 is 15.9 Å². The van der Waals surface area contributed by atoms with Gasteiger partial charge in [0, 0.05) is 4.47 Å². The Bertz CT molecular complexity index is 1330. The van der Waals surface area contributed by atoms with Crippen LogP contribution in [0.3, 0.4) is 0 Å². The SMILES string of the molecule is COc1ccc(Br)cc1-c1nc(C(N)=O)c2[nH]c(=O)n(-c3ccccc3F)c2n1. The molecule has 0 aliphatic heterocycles. The topological polar surface area (TPSA) is 116 Å². The highest BCUT2D eigenvalue weighted by atomic mass is 79.9. The molecule has 0 aliphatic carbocycles. The molecule has 0 aliphatic rings. The Hall–Kier alpha value is -3.53. The monoisotopic (exact) mass is 457 g/mol. The first-order valence-corrected chi connectivity index (χ1v) is 9.11. The van der Waals surface area contributed by atoms with E-state index < -0.39 is 17.4 Å². The van der Waals surface area contributed by atoms with Gasteiger partial charge in [-0.2, -0.15) is 0 Å². The maximum Gasteiger partial charge on any atom is 0.332 e. The van der Waals surface area contributed by atoms with Crippen molar-refractivity contribution in [1.82, 2.24) is 19.5 Å². The maximum atomic E-state index is 14.4. The number of nitrogens with zero attached hydrogens (tertiary/aromatic N) is 3. The van der Waals surface area contributed by atoms with Crippen molar-refractivity contribution in [3.63, 3.8) is 0 Å². The summed E-state index contributed by atoms with van der Waals surface area (Å²) < 4.78 is 21.5. The molecule has 3 N–H and O–H groups in total. The number of nitrogens with two attached hydrogens (primary N) is 1. The Morgan fingerprint density at radius 2 is 2.00 bits per heavy atom. The fourth-order valence-corrected chi connectivity index (χ4v) is 3.36. The number of rotatable bonds is 4. The fraction of sp³-hybridized carbons (Fsp3) is 0.0526. The second-order valence-electron chi connectivity index (χ2n) is 6.02. The zero-order chi connectivity index (χ0) is 20.7. The highest BCUT2D eigenvalue weighted by molar-refractivity contribution is 9.10. The number of amides is 1. The van der Waals surface area contributed by atoms with Gasteiger partial charge in [-0.05, 0) is 30.3 Å². The Balaban J connectivity index is 2.11. The highest BCUT2D eigenvalue weighted by Gasteiger charge is 2.22. The van der Waals surface area contributed by atoms with Gasteiger partial charge in [0.1, 0.15) is 17.1 Å². The predicted molar refractivity (Wildman–Crippen MR) is 108 cm³/mol. The summed E-state index contributed by atoms with van der Waals surface area (Å²) in [6.45, 7) is 0. The molecule has 29 heavy (non-hydrogen) atoms. The van der Waals surface area contributed by atoms with Gasteiger partial charge in [0.2, 0.25) is 0 Å². The van der Waals surface area contributed by atoms with Crippen molar-refractivity contribution < 1.29 is 13.9 Å². The van der Waals surface area contributed by atoms with Crippen LogP contribution in [0.5, 0.6) is 5.75 Å². The predicted octanol–water partition coefficient (Wildman–Crippen LogP) is 2.78. The summed E-state index contributed by atoms with van der Waals surface area (Å²) in [4.78, 5) is 35.8. The van der Waals surface area contributed by atoms with Crippen molar-refractivity contribution in [1.29, 1.82) is 0 Å². The number of ether oxygens (including phenoxy) is 1. The lowest BCUT2D eigenvalue weighted by atomic mass is 10.1. The average Bonchev–Trinajstić information content (AvgIpc) is 3.03. The van der Waals surface area contributed by atoms with E-state index in [1.54, 1.807) is 24.3 Å². The number of H-pyrrole nitrogens is 1. The number of fused-ring (bicyclic) bond motifs is 1. The van der Waals surface area contributed by atoms with Crippen molar-refractivity contribution >= 4 is 33.0 Å². The Labute approximate surface area is 171 Å². The normalized spacial score (nSPS) is 11.0. The van der Waals surface area contributed by atoms with E-state index in [-0.39, 0.29) is 28.4 Å². The number of benzene rings is 2. The number of halogens is 2. The first kappa shape index (κ1) is 18.8. The van der Waals surface area contributed by atoms with Crippen LogP contribution in [-0.4, -0.2) is 32.5 Å². The number of primary amides is 1. The third kappa shape index (κ3) is 3.17. The van der Waals surface area contributed by atoms with Gasteiger partial charge in [0.05, 0.1) is 18.4 Å². The summed E-state index contributed by atoms with van der Waals surface area (Å²) in [6, 6.07) is 10.9. The van der Waals surface area contributed by atoms with Gasteiger partial charge >= 0.3 is 5.69 Å². The van der Waals surface area contributed by atoms with Crippen molar-refractivity contribution in [2.75, 3.05) is 7.11 Å². The zero-order valence-electron chi connectivity index (χ0n) is 14.9. The number of carbonyl (C=O) groups is 1. The molecular formula is C19H13BrFN5O3. The molecule has 4 rings (SSSR count). The van der Waals surface area contributed by atoms with Crippen LogP contribution in [0.2, 0.25) is 0 Å². The van der Waals surface area contributed by atoms with Crippen molar-refractivity contribution in [3.8, 4) is 22.8 Å². The molecule has 4 aromatic rings. The Kier molecular flexibility index (Phi) is 4.63. The number of nitrogens with one attached hydrogen (secondary N) is 1. The first-order valence-electron chi connectivity index (χ1n) is 8.32. The molecule has 0 bridgehead atoms. The number of aromatic nitrogens is 4. The molecule has 0 fully saturated rings. The minimum atomic E-state index is -0.866. The molecule has 10 heteroatoms. The van der Waals surface area contributed by atoms with Crippen LogP contribution in [0.1, 0.15) is 10.5 Å². The Morgan fingerprint density at radius 3 is 2.69 bits per heavy atom. The summed E-state index contributed by atoms with van der Waals surface area (Å²) in [7, 11) is 1.48. The van der Waals surface area contributed by atoms with Gasteiger partial charge < -0.3 is 15.5 Å². The third-order valence-corrected chi connectivity index (χ3v) is 4.76. The molecule has 2 heterocycles. The number of carbonyl (C=O) groups excluding carboxylic acids is 1. The van der Waals surface area contributed by atoms with Gasteiger partial charge in [-0.25, -0.2) is 23.7 Å². The number of aromatic amines is 1. The molecule has 2 aromatic carbocycles. The van der Waals surface area contributed by atoms with Crippen LogP contribution in [0.4, 0.5) is 4.39 Å². The standard InChI is InChI=1S/C19H13BrFN5O3/c1-29-13-7-6-9(20)8-10(13)17-23-14(16(22)27)15-18(25-17)26(19(28)24-15)12-5-3-2-4-11(12)21/h2-8H,1H3,(H2,22,27)(H,24,28). The molecule has 2 aromatic heterocycles. The van der Waals surface area contributed by atoms with E-state index in [1.165, 1.54) is 25.3 Å². The Morgan fingerprint density at radius 1 is 1.24 bits per heavy atom. The van der Waals surface area contributed by atoms with Crippen molar-refractivity contribution in [3.05, 3.63) is 68.9 Å². The van der Waals surface area contributed by atoms with E-state index in [0.29, 0.717) is 11.3 Å². The largest absolute Gasteiger partial charge is 0.496 e. The second kappa shape index (κ2) is 7.13. The van der Waals surface area contributed by atoms with Gasteiger partial charge in [-0.3, -0.25) is 4.79 Å². The number of hydrogen-bond acceptors (Lipinski definition) is 5. The van der Waals surface area contributed by atoms with E-state index in [9.17, 15) is 14.0 Å². The van der Waals surface area contributed by atoms with E-state index in [1.807, 2.05) is 0 Å². The minimum absolute atomic E-state index is 0.0147. The molecule has 0 spiro atoms. The average molecular weight is 458 g/mol. The van der Waals surface area contributed by atoms with Crippen LogP contribution < -0.4 is 16.2 Å². The highest BCUT2D eigenvalue weighted by Crippen LogP contribution is 2.32. The molecule has 1 amide bonds. The molecular weight excluding hydrogens is 445 g/mol. The molecule has 146 valence electrons. The zero-order valence-corrected chi connectivity index (χ0v) is 16.5. The number of imidazole rings is 1. The van der Waals surface area contributed by atoms with Crippen LogP contribution in [0.15, 0.2) is 51.7 Å². The van der Waals surface area contributed by atoms with E-state index in [0.717, 1.165) is 9.04 Å². The van der Waals surface area contributed by atoms with Crippen molar-refractivity contribution in [2.24, 2.45) is 5.73 Å². The maximum absolute atomic E-state index is 14.4. The number of hydrogen-bond donors (Lipinski definition) is 2. The van der Waals surface area contributed by atoms with Gasteiger partial charge in [-0.15, -0.1) is 0 Å². The fourth-order valence-electron chi connectivity index (χ4n) is 3.00. The summed E-state index contributed by atoms with van der Waals surface area (Å²) in [5.41, 5.74) is 5.07. The third-order valence-electron chi connectivity index (χ3n) is 4.27. The number of para-hydroxylation sites is 1. The van der Waals surface area contributed by atoms with Crippen LogP contribution in [-0.2, 0) is 0 Å². The lowest BCUT2D eigenvalue weighted by Gasteiger charge is -2.10. The van der Waals surface area contributed by atoms with Crippen LogP contribution in [0, 0.1) is 5.82 Å². The molecule has 0 saturated heterocycles. The number of methoxy groups -OCH3 is 1. The minimum Gasteiger partial charge on any atom is -0.496 e. The van der Waals surface area contributed by atoms with E-state index in [2.05, 4.69) is 30.9 Å². The van der Waals surface area contributed by atoms with Crippen molar-refractivity contribution in [2.45, 2.75) is 0 Å². The van der Waals surface area contributed by atoms with E-state index in [4.69, 9.17) is 10.5 Å². The van der Waals surface area contributed by atoms with E-state index >= 15 is 0 Å². The van der Waals surface area contributed by atoms with Gasteiger partial charge in [0.25, 0.3) is 5.91 Å².